The van der Waals surface area contributed by atoms with E-state index in [4.69, 9.17) is 9.15 Å². The number of rotatable bonds is 3. The molecule has 0 bridgehead atoms. The topological polar surface area (TPSA) is 56.5 Å². The van der Waals surface area contributed by atoms with Gasteiger partial charge in [0, 0.05) is 17.5 Å². The van der Waals surface area contributed by atoms with Crippen molar-refractivity contribution in [1.29, 1.82) is 0 Å². The Balaban J connectivity index is 1.86. The summed E-state index contributed by atoms with van der Waals surface area (Å²) in [6.07, 6.45) is 1.69. The second-order valence-corrected chi connectivity index (χ2v) is 4.67. The lowest BCUT2D eigenvalue weighted by Gasteiger charge is -2.05. The fourth-order valence-corrected chi connectivity index (χ4v) is 2.03. The number of hydrogen-bond acceptors (Lipinski definition) is 4. The smallest absolute Gasteiger partial charge is 0.343 e. The van der Waals surface area contributed by atoms with Gasteiger partial charge in [0.1, 0.15) is 11.3 Å². The van der Waals surface area contributed by atoms with E-state index in [-0.39, 0.29) is 0 Å². The van der Waals surface area contributed by atoms with Crippen molar-refractivity contribution < 1.29 is 13.9 Å². The lowest BCUT2D eigenvalue weighted by atomic mass is 10.1. The average Bonchev–Trinajstić information content (AvgIpc) is 2.54. The van der Waals surface area contributed by atoms with Gasteiger partial charge in [-0.15, -0.1) is 0 Å². The van der Waals surface area contributed by atoms with E-state index < -0.39 is 11.6 Å². The quantitative estimate of drug-likeness (QED) is 0.420. The SMILES string of the molecule is C=Cc1ccc(C(=O)Oc2ccc3ccc(=O)oc3c2)cc1. The van der Waals surface area contributed by atoms with Crippen molar-refractivity contribution in [3.63, 3.8) is 0 Å². The molecule has 1 aromatic heterocycles. The van der Waals surface area contributed by atoms with Crippen LogP contribution in [0.25, 0.3) is 17.0 Å². The minimum Gasteiger partial charge on any atom is -0.423 e. The van der Waals surface area contributed by atoms with Gasteiger partial charge in [-0.2, -0.15) is 0 Å². The van der Waals surface area contributed by atoms with Crippen LogP contribution in [0.5, 0.6) is 5.75 Å². The molecule has 0 aliphatic heterocycles. The minimum atomic E-state index is -0.478. The summed E-state index contributed by atoms with van der Waals surface area (Å²) in [7, 11) is 0. The van der Waals surface area contributed by atoms with Gasteiger partial charge in [-0.25, -0.2) is 9.59 Å². The van der Waals surface area contributed by atoms with E-state index in [1.165, 1.54) is 12.1 Å². The number of esters is 1. The third-order valence-electron chi connectivity index (χ3n) is 3.19. The standard InChI is InChI=1S/C18H12O4/c1-2-12-3-5-14(6-4-12)18(20)21-15-9-7-13-8-10-17(19)22-16(13)11-15/h2-11H,1H2. The van der Waals surface area contributed by atoms with Crippen molar-refractivity contribution in [2.75, 3.05) is 0 Å². The summed E-state index contributed by atoms with van der Waals surface area (Å²) in [5, 5.41) is 0.759. The van der Waals surface area contributed by atoms with E-state index in [1.54, 1.807) is 48.5 Å². The van der Waals surface area contributed by atoms with Gasteiger partial charge in [-0.1, -0.05) is 24.8 Å². The number of ether oxygens (including phenoxy) is 1. The fraction of sp³-hybridized carbons (Fsp3) is 0. The summed E-state index contributed by atoms with van der Waals surface area (Å²) in [4.78, 5) is 23.3. The first-order chi connectivity index (χ1) is 10.7. The number of fused-ring (bicyclic) bond motifs is 1. The Morgan fingerprint density at radius 2 is 1.77 bits per heavy atom. The van der Waals surface area contributed by atoms with E-state index >= 15 is 0 Å². The molecule has 0 unspecified atom stereocenters. The number of hydrogen-bond donors (Lipinski definition) is 0. The molecular weight excluding hydrogens is 280 g/mol. The lowest BCUT2D eigenvalue weighted by Crippen LogP contribution is -2.08. The molecule has 4 heteroatoms. The summed E-state index contributed by atoms with van der Waals surface area (Å²) in [6, 6.07) is 14.8. The number of benzene rings is 2. The summed E-state index contributed by atoms with van der Waals surface area (Å²) < 4.78 is 10.4. The molecule has 0 fully saturated rings. The maximum Gasteiger partial charge on any atom is 0.343 e. The molecule has 2 aromatic carbocycles. The summed E-state index contributed by atoms with van der Waals surface area (Å²) >= 11 is 0. The van der Waals surface area contributed by atoms with Crippen LogP contribution in [0.3, 0.4) is 0 Å². The molecule has 0 spiro atoms. The first-order valence-electron chi connectivity index (χ1n) is 6.64. The maximum absolute atomic E-state index is 12.1. The van der Waals surface area contributed by atoms with Crippen LogP contribution in [0, 0.1) is 0 Å². The second kappa shape index (κ2) is 5.69. The fourth-order valence-electron chi connectivity index (χ4n) is 2.03. The molecule has 0 amide bonds. The molecule has 1 heterocycles. The van der Waals surface area contributed by atoms with Crippen LogP contribution in [0.15, 0.2) is 70.4 Å². The normalized spacial score (nSPS) is 10.4. The van der Waals surface area contributed by atoms with E-state index in [0.29, 0.717) is 16.9 Å². The molecule has 0 N–H and O–H groups in total. The van der Waals surface area contributed by atoms with Crippen LogP contribution in [0.1, 0.15) is 15.9 Å². The van der Waals surface area contributed by atoms with Crippen LogP contribution in [-0.4, -0.2) is 5.97 Å². The predicted octanol–water partition coefficient (Wildman–Crippen LogP) is 3.66. The molecule has 0 aliphatic rings. The van der Waals surface area contributed by atoms with Gasteiger partial charge in [-0.3, -0.25) is 0 Å². The highest BCUT2D eigenvalue weighted by molar-refractivity contribution is 5.91. The Labute approximate surface area is 126 Å². The zero-order valence-corrected chi connectivity index (χ0v) is 11.6. The van der Waals surface area contributed by atoms with Crippen LogP contribution >= 0.6 is 0 Å². The largest absolute Gasteiger partial charge is 0.423 e. The van der Waals surface area contributed by atoms with Gasteiger partial charge in [0.15, 0.2) is 0 Å². The van der Waals surface area contributed by atoms with E-state index in [9.17, 15) is 9.59 Å². The third-order valence-corrected chi connectivity index (χ3v) is 3.19. The van der Waals surface area contributed by atoms with Gasteiger partial charge in [-0.05, 0) is 35.9 Å². The van der Waals surface area contributed by atoms with Gasteiger partial charge in [0.25, 0.3) is 0 Å². The van der Waals surface area contributed by atoms with Crippen molar-refractivity contribution in [3.8, 4) is 5.75 Å². The van der Waals surface area contributed by atoms with Crippen molar-refractivity contribution in [1.82, 2.24) is 0 Å². The third kappa shape index (κ3) is 2.81. The maximum atomic E-state index is 12.1. The Morgan fingerprint density at radius 1 is 1.05 bits per heavy atom. The van der Waals surface area contributed by atoms with Crippen molar-refractivity contribution in [2.45, 2.75) is 0 Å². The van der Waals surface area contributed by atoms with Crippen LogP contribution in [0.4, 0.5) is 0 Å². The molecule has 0 aliphatic carbocycles. The van der Waals surface area contributed by atoms with E-state index in [0.717, 1.165) is 10.9 Å². The monoisotopic (exact) mass is 292 g/mol. The van der Waals surface area contributed by atoms with Crippen LogP contribution < -0.4 is 10.4 Å². The predicted molar refractivity (Wildman–Crippen MR) is 84.0 cm³/mol. The van der Waals surface area contributed by atoms with Crippen molar-refractivity contribution in [3.05, 3.63) is 82.7 Å². The first kappa shape index (κ1) is 13.8. The minimum absolute atomic E-state index is 0.319. The molecule has 0 saturated carbocycles. The zero-order valence-electron chi connectivity index (χ0n) is 11.6. The molecule has 4 nitrogen and oxygen atoms in total. The molecule has 22 heavy (non-hydrogen) atoms. The second-order valence-electron chi connectivity index (χ2n) is 4.67. The molecule has 108 valence electrons. The molecule has 0 atom stereocenters. The van der Waals surface area contributed by atoms with E-state index in [1.807, 2.05) is 0 Å². The Kier molecular flexibility index (Phi) is 3.58. The van der Waals surface area contributed by atoms with Crippen LogP contribution in [0.2, 0.25) is 0 Å². The lowest BCUT2D eigenvalue weighted by molar-refractivity contribution is 0.0735. The number of carbonyl (C=O) groups is 1. The molecule has 3 rings (SSSR count). The van der Waals surface area contributed by atoms with Crippen molar-refractivity contribution >= 4 is 23.0 Å². The van der Waals surface area contributed by atoms with E-state index in [2.05, 4.69) is 6.58 Å². The highest BCUT2D eigenvalue weighted by atomic mass is 16.5. The summed E-state index contributed by atoms with van der Waals surface area (Å²) in [6.45, 7) is 3.66. The molecule has 0 radical (unpaired) electrons. The summed E-state index contributed by atoms with van der Waals surface area (Å²) in [5.41, 5.74) is 1.28. The summed E-state index contributed by atoms with van der Waals surface area (Å²) in [5.74, 6) is -0.159. The zero-order chi connectivity index (χ0) is 15.5. The first-order valence-corrected chi connectivity index (χ1v) is 6.64. The number of carbonyl (C=O) groups excluding carboxylic acids is 1. The van der Waals surface area contributed by atoms with Gasteiger partial charge >= 0.3 is 11.6 Å². The highest BCUT2D eigenvalue weighted by Gasteiger charge is 2.09. The van der Waals surface area contributed by atoms with Crippen LogP contribution in [-0.2, 0) is 0 Å². The Hall–Kier alpha value is -3.14. The molecule has 3 aromatic rings. The van der Waals surface area contributed by atoms with Gasteiger partial charge in [0.2, 0.25) is 0 Å². The Bertz CT molecular complexity index is 904. The molecular formula is C18H12O4. The van der Waals surface area contributed by atoms with Crippen molar-refractivity contribution in [2.24, 2.45) is 0 Å². The molecule has 0 saturated heterocycles. The highest BCUT2D eigenvalue weighted by Crippen LogP contribution is 2.20. The van der Waals surface area contributed by atoms with Gasteiger partial charge < -0.3 is 9.15 Å². The Morgan fingerprint density at radius 3 is 2.50 bits per heavy atom. The van der Waals surface area contributed by atoms with Gasteiger partial charge in [0.05, 0.1) is 5.56 Å². The average molecular weight is 292 g/mol.